The van der Waals surface area contributed by atoms with Crippen LogP contribution in [0.3, 0.4) is 0 Å². The van der Waals surface area contributed by atoms with Crippen molar-refractivity contribution in [1.82, 2.24) is 0 Å². The van der Waals surface area contributed by atoms with Crippen LogP contribution in [0.25, 0.3) is 0 Å². The van der Waals surface area contributed by atoms with Gasteiger partial charge < -0.3 is 15.9 Å². The summed E-state index contributed by atoms with van der Waals surface area (Å²) in [6.45, 7) is 0.403. The molecule has 1 aromatic rings. The van der Waals surface area contributed by atoms with E-state index in [9.17, 15) is 0 Å². The number of nitrogens with two attached hydrogens (primary N) is 2. The van der Waals surface area contributed by atoms with Crippen LogP contribution in [0.15, 0.2) is 21.2 Å². The van der Waals surface area contributed by atoms with Gasteiger partial charge in [-0.3, -0.25) is 0 Å². The van der Waals surface area contributed by atoms with Gasteiger partial charge in [-0.25, -0.2) is 0 Å². The lowest BCUT2D eigenvalue weighted by molar-refractivity contribution is 0.452. The molecular formula is C6H10BrClN2O. The SMILES string of the molecule is Cl.NC[C@H](N)c1ccc(Br)o1. The van der Waals surface area contributed by atoms with E-state index in [0.29, 0.717) is 11.2 Å². The Morgan fingerprint density at radius 2 is 2.18 bits per heavy atom. The fourth-order valence-corrected chi connectivity index (χ4v) is 0.963. The van der Waals surface area contributed by atoms with Gasteiger partial charge >= 0.3 is 0 Å². The molecule has 0 spiro atoms. The smallest absolute Gasteiger partial charge is 0.169 e. The van der Waals surface area contributed by atoms with Crippen LogP contribution >= 0.6 is 28.3 Å². The van der Waals surface area contributed by atoms with Gasteiger partial charge in [0.2, 0.25) is 0 Å². The number of furan rings is 1. The van der Waals surface area contributed by atoms with Crippen molar-refractivity contribution in [3.63, 3.8) is 0 Å². The van der Waals surface area contributed by atoms with Crippen molar-refractivity contribution in [1.29, 1.82) is 0 Å². The molecular weight excluding hydrogens is 231 g/mol. The van der Waals surface area contributed by atoms with E-state index in [1.807, 2.05) is 6.07 Å². The minimum absolute atomic E-state index is 0. The van der Waals surface area contributed by atoms with Crippen LogP contribution in [0.5, 0.6) is 0 Å². The summed E-state index contributed by atoms with van der Waals surface area (Å²) in [6, 6.07) is 3.42. The third kappa shape index (κ3) is 2.83. The van der Waals surface area contributed by atoms with Gasteiger partial charge in [0, 0.05) is 6.54 Å². The lowest BCUT2D eigenvalue weighted by Crippen LogP contribution is -2.19. The zero-order chi connectivity index (χ0) is 7.56. The average Bonchev–Trinajstić information content (AvgIpc) is 2.34. The molecule has 0 radical (unpaired) electrons. The predicted molar refractivity (Wildman–Crippen MR) is 49.6 cm³/mol. The highest BCUT2D eigenvalue weighted by Crippen LogP contribution is 2.17. The molecule has 3 nitrogen and oxygen atoms in total. The minimum Gasteiger partial charge on any atom is -0.453 e. The van der Waals surface area contributed by atoms with E-state index in [1.54, 1.807) is 6.07 Å². The molecule has 0 unspecified atom stereocenters. The van der Waals surface area contributed by atoms with Crippen LogP contribution in [-0.2, 0) is 0 Å². The van der Waals surface area contributed by atoms with E-state index in [4.69, 9.17) is 15.9 Å². The first-order valence-corrected chi connectivity index (χ1v) is 3.74. The molecule has 1 rings (SSSR count). The first kappa shape index (κ1) is 11.0. The normalized spacial score (nSPS) is 12.3. The summed E-state index contributed by atoms with van der Waals surface area (Å²) in [5, 5.41) is 0. The highest BCUT2D eigenvalue weighted by Gasteiger charge is 2.06. The Morgan fingerprint density at radius 1 is 1.55 bits per heavy atom. The lowest BCUT2D eigenvalue weighted by Gasteiger charge is -2.02. The van der Waals surface area contributed by atoms with Crippen molar-refractivity contribution in [3.8, 4) is 0 Å². The molecule has 1 heterocycles. The molecule has 0 saturated heterocycles. The Labute approximate surface area is 79.7 Å². The second kappa shape index (κ2) is 4.77. The van der Waals surface area contributed by atoms with Crippen molar-refractivity contribution >= 4 is 28.3 Å². The van der Waals surface area contributed by atoms with Crippen molar-refractivity contribution in [2.75, 3.05) is 6.54 Å². The van der Waals surface area contributed by atoms with E-state index in [2.05, 4.69) is 15.9 Å². The summed E-state index contributed by atoms with van der Waals surface area (Å²) in [5.41, 5.74) is 10.9. The summed E-state index contributed by atoms with van der Waals surface area (Å²) >= 11 is 3.17. The standard InChI is InChI=1S/C6H9BrN2O.ClH/c7-6-2-1-5(10-6)4(9)3-8;/h1-2,4H,3,8-9H2;1H/t4-;/m0./s1. The van der Waals surface area contributed by atoms with Crippen LogP contribution in [0.4, 0.5) is 0 Å². The molecule has 0 aliphatic carbocycles. The summed E-state index contributed by atoms with van der Waals surface area (Å²) in [6.07, 6.45) is 0. The maximum Gasteiger partial charge on any atom is 0.169 e. The predicted octanol–water partition coefficient (Wildman–Crippen LogP) is 1.42. The monoisotopic (exact) mass is 240 g/mol. The minimum atomic E-state index is -0.189. The molecule has 1 atom stereocenters. The van der Waals surface area contributed by atoms with Gasteiger partial charge in [0.15, 0.2) is 4.67 Å². The largest absolute Gasteiger partial charge is 0.453 e. The second-order valence-electron chi connectivity index (χ2n) is 1.98. The molecule has 0 bridgehead atoms. The van der Waals surface area contributed by atoms with Crippen LogP contribution in [0.2, 0.25) is 0 Å². The maximum atomic E-state index is 5.57. The summed E-state index contributed by atoms with van der Waals surface area (Å²) in [5.74, 6) is 0.717. The van der Waals surface area contributed by atoms with E-state index >= 15 is 0 Å². The molecule has 0 aliphatic rings. The zero-order valence-electron chi connectivity index (χ0n) is 5.79. The van der Waals surface area contributed by atoms with Crippen LogP contribution in [0, 0.1) is 0 Å². The number of hydrogen-bond acceptors (Lipinski definition) is 3. The molecule has 5 heteroatoms. The Kier molecular flexibility index (Phi) is 4.76. The number of hydrogen-bond donors (Lipinski definition) is 2. The van der Waals surface area contributed by atoms with Crippen molar-refractivity contribution < 1.29 is 4.42 Å². The van der Waals surface area contributed by atoms with Gasteiger partial charge in [-0.15, -0.1) is 12.4 Å². The van der Waals surface area contributed by atoms with Gasteiger partial charge in [-0.05, 0) is 28.1 Å². The highest BCUT2D eigenvalue weighted by molar-refractivity contribution is 9.10. The molecule has 0 aromatic carbocycles. The van der Waals surface area contributed by atoms with Gasteiger partial charge in [0.05, 0.1) is 6.04 Å². The molecule has 0 amide bonds. The first-order valence-electron chi connectivity index (χ1n) is 2.95. The molecule has 1 aromatic heterocycles. The van der Waals surface area contributed by atoms with Gasteiger partial charge in [0.1, 0.15) is 5.76 Å². The van der Waals surface area contributed by atoms with Crippen LogP contribution in [0.1, 0.15) is 11.8 Å². The van der Waals surface area contributed by atoms with E-state index in [1.165, 1.54) is 0 Å². The number of halogens is 2. The second-order valence-corrected chi connectivity index (χ2v) is 2.77. The van der Waals surface area contributed by atoms with Crippen LogP contribution < -0.4 is 11.5 Å². The quantitative estimate of drug-likeness (QED) is 0.823. The molecule has 11 heavy (non-hydrogen) atoms. The highest BCUT2D eigenvalue weighted by atomic mass is 79.9. The Bertz CT molecular complexity index is 216. The molecule has 64 valence electrons. The zero-order valence-corrected chi connectivity index (χ0v) is 8.19. The van der Waals surface area contributed by atoms with Crippen molar-refractivity contribution in [2.24, 2.45) is 11.5 Å². The molecule has 0 saturated carbocycles. The average molecular weight is 242 g/mol. The third-order valence-corrected chi connectivity index (χ3v) is 1.64. The summed E-state index contributed by atoms with van der Waals surface area (Å²) < 4.78 is 5.83. The fraction of sp³-hybridized carbons (Fsp3) is 0.333. The first-order chi connectivity index (χ1) is 4.74. The molecule has 4 N–H and O–H groups in total. The molecule has 0 fully saturated rings. The van der Waals surface area contributed by atoms with Crippen molar-refractivity contribution in [3.05, 3.63) is 22.6 Å². The maximum absolute atomic E-state index is 5.57. The van der Waals surface area contributed by atoms with Gasteiger partial charge in [-0.1, -0.05) is 0 Å². The Balaban J connectivity index is 0.000001000. The third-order valence-electron chi connectivity index (χ3n) is 1.21. The van der Waals surface area contributed by atoms with E-state index < -0.39 is 0 Å². The Morgan fingerprint density at radius 3 is 2.55 bits per heavy atom. The number of rotatable bonds is 2. The van der Waals surface area contributed by atoms with Gasteiger partial charge in [0.25, 0.3) is 0 Å². The topological polar surface area (TPSA) is 65.2 Å². The summed E-state index contributed by atoms with van der Waals surface area (Å²) in [4.78, 5) is 0. The molecule has 0 aliphatic heterocycles. The fourth-order valence-electron chi connectivity index (χ4n) is 0.644. The lowest BCUT2D eigenvalue weighted by atomic mass is 10.2. The Hall–Kier alpha value is -0.0300. The van der Waals surface area contributed by atoms with E-state index in [-0.39, 0.29) is 18.4 Å². The van der Waals surface area contributed by atoms with Crippen LogP contribution in [-0.4, -0.2) is 6.54 Å². The van der Waals surface area contributed by atoms with Crippen molar-refractivity contribution in [2.45, 2.75) is 6.04 Å². The van der Waals surface area contributed by atoms with Gasteiger partial charge in [-0.2, -0.15) is 0 Å². The van der Waals surface area contributed by atoms with E-state index in [0.717, 1.165) is 5.76 Å². The summed E-state index contributed by atoms with van der Waals surface area (Å²) in [7, 11) is 0.